The van der Waals surface area contributed by atoms with Crippen LogP contribution in [0.3, 0.4) is 0 Å². The summed E-state index contributed by atoms with van der Waals surface area (Å²) < 4.78 is 1.64. The van der Waals surface area contributed by atoms with Crippen molar-refractivity contribution in [2.75, 3.05) is 11.9 Å². The summed E-state index contributed by atoms with van der Waals surface area (Å²) in [6, 6.07) is 13.4. The number of halogens is 1. The molecule has 0 fully saturated rings. The van der Waals surface area contributed by atoms with Crippen LogP contribution in [0.5, 0.6) is 0 Å². The van der Waals surface area contributed by atoms with Crippen LogP contribution in [0.4, 0.5) is 5.95 Å². The fraction of sp³-hybridized carbons (Fsp3) is 0.143. The third-order valence-electron chi connectivity index (χ3n) is 3.00. The predicted molar refractivity (Wildman–Crippen MR) is 79.9 cm³/mol. The van der Waals surface area contributed by atoms with Gasteiger partial charge in [-0.15, -0.1) is 5.10 Å². The Labute approximate surface area is 121 Å². The summed E-state index contributed by atoms with van der Waals surface area (Å²) in [5.41, 5.74) is 7.93. The maximum Gasteiger partial charge on any atom is 0.243 e. The van der Waals surface area contributed by atoms with E-state index in [0.29, 0.717) is 17.5 Å². The van der Waals surface area contributed by atoms with Gasteiger partial charge in [-0.05, 0) is 17.7 Å². The molecule has 0 radical (unpaired) electrons. The molecule has 5 nitrogen and oxygen atoms in total. The van der Waals surface area contributed by atoms with Gasteiger partial charge in [-0.2, -0.15) is 4.98 Å². The fourth-order valence-electron chi connectivity index (χ4n) is 1.95. The summed E-state index contributed by atoms with van der Waals surface area (Å²) in [4.78, 5) is 4.35. The molecule has 0 saturated carbocycles. The van der Waals surface area contributed by atoms with Crippen molar-refractivity contribution >= 4 is 23.2 Å². The number of hydrogen-bond donors (Lipinski definition) is 2. The minimum Gasteiger partial charge on any atom is -0.351 e. The van der Waals surface area contributed by atoms with Gasteiger partial charge in [0.25, 0.3) is 0 Å². The Bertz CT molecular complexity index is 710. The third-order valence-corrected chi connectivity index (χ3v) is 3.23. The molecular formula is C14H14ClN5. The van der Waals surface area contributed by atoms with E-state index < -0.39 is 0 Å². The van der Waals surface area contributed by atoms with Gasteiger partial charge in [0.1, 0.15) is 0 Å². The number of nitrogens with one attached hydrogen (secondary N) is 1. The second kappa shape index (κ2) is 5.48. The van der Waals surface area contributed by atoms with Gasteiger partial charge in [0.05, 0.1) is 5.02 Å². The van der Waals surface area contributed by atoms with Gasteiger partial charge in [-0.25, -0.2) is 4.52 Å². The summed E-state index contributed by atoms with van der Waals surface area (Å²) in [7, 11) is 0. The van der Waals surface area contributed by atoms with E-state index in [1.54, 1.807) is 16.8 Å². The molecule has 1 atom stereocenters. The van der Waals surface area contributed by atoms with E-state index >= 15 is 0 Å². The first-order valence-electron chi connectivity index (χ1n) is 6.29. The summed E-state index contributed by atoms with van der Waals surface area (Å²) in [6.45, 7) is 0.564. The average Bonchev–Trinajstić information content (AvgIpc) is 2.87. The first kappa shape index (κ1) is 12.9. The van der Waals surface area contributed by atoms with Crippen LogP contribution in [0.2, 0.25) is 5.02 Å². The van der Waals surface area contributed by atoms with Crippen molar-refractivity contribution in [3.8, 4) is 0 Å². The van der Waals surface area contributed by atoms with Crippen LogP contribution < -0.4 is 11.1 Å². The number of hydrogen-bond acceptors (Lipinski definition) is 4. The molecule has 6 heteroatoms. The summed E-state index contributed by atoms with van der Waals surface area (Å²) in [5.74, 6) is 0.540. The van der Waals surface area contributed by atoms with Gasteiger partial charge in [-0.1, -0.05) is 41.9 Å². The largest absolute Gasteiger partial charge is 0.351 e. The number of aromatic nitrogens is 3. The lowest BCUT2D eigenvalue weighted by Crippen LogP contribution is -2.21. The van der Waals surface area contributed by atoms with Crippen molar-refractivity contribution in [3.63, 3.8) is 0 Å². The van der Waals surface area contributed by atoms with Crippen LogP contribution >= 0.6 is 11.6 Å². The van der Waals surface area contributed by atoms with Crippen molar-refractivity contribution in [3.05, 3.63) is 59.2 Å². The van der Waals surface area contributed by atoms with E-state index in [2.05, 4.69) is 15.4 Å². The second-order valence-corrected chi connectivity index (χ2v) is 4.92. The molecule has 0 amide bonds. The Kier molecular flexibility index (Phi) is 3.54. The molecule has 3 N–H and O–H groups in total. The zero-order valence-corrected chi connectivity index (χ0v) is 11.5. The number of pyridine rings is 1. The SMILES string of the molecule is NC(CNc1nc2ccc(Cl)cn2n1)c1ccccc1. The molecule has 0 spiro atoms. The van der Waals surface area contributed by atoms with Gasteiger partial charge < -0.3 is 11.1 Å². The van der Waals surface area contributed by atoms with E-state index in [9.17, 15) is 0 Å². The molecule has 1 unspecified atom stereocenters. The molecule has 0 saturated heterocycles. The molecule has 1 aromatic carbocycles. The van der Waals surface area contributed by atoms with Gasteiger partial charge >= 0.3 is 0 Å². The Balaban J connectivity index is 1.71. The highest BCUT2D eigenvalue weighted by atomic mass is 35.5. The van der Waals surface area contributed by atoms with Crippen LogP contribution in [0, 0.1) is 0 Å². The highest BCUT2D eigenvalue weighted by Crippen LogP contribution is 2.13. The standard InChI is InChI=1S/C14H14ClN5/c15-11-6-7-13-18-14(19-20(13)9-11)17-8-12(16)10-4-2-1-3-5-10/h1-7,9,12H,8,16H2,(H,17,19). The normalized spacial score (nSPS) is 12.5. The molecule has 102 valence electrons. The molecule has 0 aliphatic carbocycles. The van der Waals surface area contributed by atoms with Crippen LogP contribution in [0.15, 0.2) is 48.7 Å². The maximum absolute atomic E-state index is 6.12. The average molecular weight is 288 g/mol. The highest BCUT2D eigenvalue weighted by Gasteiger charge is 2.08. The summed E-state index contributed by atoms with van der Waals surface area (Å²) in [6.07, 6.45) is 1.71. The quantitative estimate of drug-likeness (QED) is 0.773. The lowest BCUT2D eigenvalue weighted by molar-refractivity contribution is 0.757. The van der Waals surface area contributed by atoms with Crippen molar-refractivity contribution in [1.82, 2.24) is 14.6 Å². The molecule has 0 aliphatic rings. The lowest BCUT2D eigenvalue weighted by atomic mass is 10.1. The minimum absolute atomic E-state index is 0.105. The van der Waals surface area contributed by atoms with Crippen LogP contribution in [0.25, 0.3) is 5.65 Å². The summed E-state index contributed by atoms with van der Waals surface area (Å²) >= 11 is 5.91. The zero-order chi connectivity index (χ0) is 13.9. The van der Waals surface area contributed by atoms with E-state index in [1.807, 2.05) is 36.4 Å². The number of nitrogens with zero attached hydrogens (tertiary/aromatic N) is 3. The molecule has 3 aromatic rings. The van der Waals surface area contributed by atoms with Crippen molar-refractivity contribution in [2.24, 2.45) is 5.73 Å². The van der Waals surface area contributed by atoms with Gasteiger partial charge in [-0.3, -0.25) is 0 Å². The first-order chi connectivity index (χ1) is 9.72. The topological polar surface area (TPSA) is 68.2 Å². The summed E-state index contributed by atoms with van der Waals surface area (Å²) in [5, 5.41) is 8.05. The Morgan fingerprint density at radius 1 is 1.20 bits per heavy atom. The number of anilines is 1. The minimum atomic E-state index is -0.105. The van der Waals surface area contributed by atoms with Crippen molar-refractivity contribution in [2.45, 2.75) is 6.04 Å². The van der Waals surface area contributed by atoms with Crippen LogP contribution in [-0.2, 0) is 0 Å². The third kappa shape index (κ3) is 2.74. The van der Waals surface area contributed by atoms with E-state index in [0.717, 1.165) is 11.2 Å². The van der Waals surface area contributed by atoms with E-state index in [4.69, 9.17) is 17.3 Å². The molecule has 0 aliphatic heterocycles. The second-order valence-electron chi connectivity index (χ2n) is 4.48. The molecule has 2 heterocycles. The zero-order valence-electron chi connectivity index (χ0n) is 10.7. The first-order valence-corrected chi connectivity index (χ1v) is 6.66. The van der Waals surface area contributed by atoms with E-state index in [1.165, 1.54) is 0 Å². The van der Waals surface area contributed by atoms with Gasteiger partial charge in [0.2, 0.25) is 5.95 Å². The Morgan fingerprint density at radius 2 is 2.00 bits per heavy atom. The predicted octanol–water partition coefficient (Wildman–Crippen LogP) is 2.49. The Morgan fingerprint density at radius 3 is 2.80 bits per heavy atom. The Hall–Kier alpha value is -2.11. The molecule has 3 rings (SSSR count). The molecule has 0 bridgehead atoms. The maximum atomic E-state index is 6.12. The fourth-order valence-corrected chi connectivity index (χ4v) is 2.11. The van der Waals surface area contributed by atoms with Crippen LogP contribution in [0.1, 0.15) is 11.6 Å². The highest BCUT2D eigenvalue weighted by molar-refractivity contribution is 6.30. The van der Waals surface area contributed by atoms with Gasteiger partial charge in [0.15, 0.2) is 5.65 Å². The van der Waals surface area contributed by atoms with Crippen molar-refractivity contribution in [1.29, 1.82) is 0 Å². The van der Waals surface area contributed by atoms with E-state index in [-0.39, 0.29) is 6.04 Å². The molecular weight excluding hydrogens is 274 g/mol. The number of benzene rings is 1. The number of nitrogens with two attached hydrogens (primary N) is 1. The monoisotopic (exact) mass is 287 g/mol. The van der Waals surface area contributed by atoms with Gasteiger partial charge in [0, 0.05) is 18.8 Å². The number of fused-ring (bicyclic) bond motifs is 1. The molecule has 2 aromatic heterocycles. The van der Waals surface area contributed by atoms with Crippen LogP contribution in [-0.4, -0.2) is 21.1 Å². The lowest BCUT2D eigenvalue weighted by Gasteiger charge is -2.11. The molecule has 20 heavy (non-hydrogen) atoms. The number of rotatable bonds is 4. The van der Waals surface area contributed by atoms with Crippen molar-refractivity contribution < 1.29 is 0 Å². The smallest absolute Gasteiger partial charge is 0.243 e.